The maximum Gasteiger partial charge on any atom is 0.253 e. The van der Waals surface area contributed by atoms with E-state index in [2.05, 4.69) is 26.8 Å². The number of fused-ring (bicyclic) bond motifs is 1. The second kappa shape index (κ2) is 9.87. The van der Waals surface area contributed by atoms with E-state index in [-0.39, 0.29) is 35.7 Å². The Morgan fingerprint density at radius 3 is 2.38 bits per heavy atom. The van der Waals surface area contributed by atoms with E-state index >= 15 is 0 Å². The van der Waals surface area contributed by atoms with Gasteiger partial charge in [0.1, 0.15) is 11.4 Å². The first-order valence-corrected chi connectivity index (χ1v) is 12.3. The summed E-state index contributed by atoms with van der Waals surface area (Å²) in [6.07, 6.45) is 1.65. The number of piperidine rings is 1. The van der Waals surface area contributed by atoms with E-state index in [1.165, 1.54) is 0 Å². The average molecular weight is 468 g/mol. The number of nitrogens with zero attached hydrogens (tertiary/aromatic N) is 1. The van der Waals surface area contributed by atoms with Crippen LogP contribution in [0.25, 0.3) is 0 Å². The first kappa shape index (κ1) is 24.4. The molecule has 0 radical (unpaired) electrons. The zero-order valence-corrected chi connectivity index (χ0v) is 21.2. The molecule has 0 aromatic heterocycles. The molecule has 6 heteroatoms. The van der Waals surface area contributed by atoms with Crippen molar-refractivity contribution in [3.63, 3.8) is 0 Å². The van der Waals surface area contributed by atoms with Crippen LogP contribution in [0.5, 0.6) is 17.2 Å². The molecule has 0 bridgehead atoms. The Balaban J connectivity index is 1.51. The monoisotopic (exact) mass is 467 g/mol. The largest absolute Gasteiger partial charge is 0.493 e. The SMILES string of the molecule is COc1cc(C(=O)N2CCC3(CC2)Oc2ccccc2[C@@H](OC(C)C)C3C)ccc1OC(C)C. The number of benzene rings is 2. The third kappa shape index (κ3) is 4.74. The van der Waals surface area contributed by atoms with Gasteiger partial charge in [-0.15, -0.1) is 0 Å². The number of methoxy groups -OCH3 is 1. The minimum atomic E-state index is -0.350. The maximum absolute atomic E-state index is 13.3. The van der Waals surface area contributed by atoms with Crippen molar-refractivity contribution in [1.29, 1.82) is 0 Å². The molecule has 0 saturated carbocycles. The summed E-state index contributed by atoms with van der Waals surface area (Å²) in [4.78, 5) is 15.2. The fraction of sp³-hybridized carbons (Fsp3) is 0.536. The molecule has 184 valence electrons. The van der Waals surface area contributed by atoms with Crippen molar-refractivity contribution in [1.82, 2.24) is 4.90 Å². The molecule has 34 heavy (non-hydrogen) atoms. The van der Waals surface area contributed by atoms with Crippen LogP contribution in [0.4, 0.5) is 0 Å². The summed E-state index contributed by atoms with van der Waals surface area (Å²) >= 11 is 0. The van der Waals surface area contributed by atoms with Gasteiger partial charge in [-0.2, -0.15) is 0 Å². The molecule has 2 aromatic carbocycles. The molecule has 0 N–H and O–H groups in total. The number of para-hydroxylation sites is 1. The van der Waals surface area contributed by atoms with Gasteiger partial charge in [-0.1, -0.05) is 25.1 Å². The third-order valence-electron chi connectivity index (χ3n) is 6.91. The molecule has 1 spiro atoms. The summed E-state index contributed by atoms with van der Waals surface area (Å²) in [5, 5.41) is 0. The standard InChI is InChI=1S/C28H37NO5/c1-18(2)32-24-12-11-21(17-25(24)31-6)27(30)29-15-13-28(14-16-29)20(5)26(33-19(3)4)22-9-7-8-10-23(22)34-28/h7-12,17-20,26H,13-16H2,1-6H3/t20?,26-/m0/s1. The van der Waals surface area contributed by atoms with Gasteiger partial charge in [-0.05, 0) is 52.0 Å². The Hall–Kier alpha value is -2.73. The van der Waals surface area contributed by atoms with Crippen LogP contribution in [-0.4, -0.2) is 48.8 Å². The number of hydrogen-bond donors (Lipinski definition) is 0. The lowest BCUT2D eigenvalue weighted by Gasteiger charge is -2.51. The quantitative estimate of drug-likeness (QED) is 0.549. The van der Waals surface area contributed by atoms with Gasteiger partial charge in [0.2, 0.25) is 0 Å². The fourth-order valence-corrected chi connectivity index (χ4v) is 5.13. The van der Waals surface area contributed by atoms with Crippen molar-refractivity contribution in [2.75, 3.05) is 20.2 Å². The molecule has 0 aliphatic carbocycles. The van der Waals surface area contributed by atoms with E-state index in [9.17, 15) is 4.79 Å². The van der Waals surface area contributed by atoms with E-state index in [0.717, 1.165) is 24.2 Å². The lowest BCUT2D eigenvalue weighted by atomic mass is 9.73. The Labute approximate surface area is 203 Å². The lowest BCUT2D eigenvalue weighted by molar-refractivity contribution is -0.130. The van der Waals surface area contributed by atoms with Gasteiger partial charge < -0.3 is 23.8 Å². The van der Waals surface area contributed by atoms with Gasteiger partial charge >= 0.3 is 0 Å². The van der Waals surface area contributed by atoms with E-state index < -0.39 is 0 Å². The van der Waals surface area contributed by atoms with Crippen LogP contribution in [0.15, 0.2) is 42.5 Å². The molecule has 2 heterocycles. The summed E-state index contributed by atoms with van der Waals surface area (Å²) < 4.78 is 24.3. The molecule has 1 unspecified atom stereocenters. The average Bonchev–Trinajstić information content (AvgIpc) is 2.82. The Morgan fingerprint density at radius 1 is 1.03 bits per heavy atom. The van der Waals surface area contributed by atoms with Crippen LogP contribution in [0.3, 0.4) is 0 Å². The Morgan fingerprint density at radius 2 is 1.74 bits per heavy atom. The normalized spacial score (nSPS) is 21.4. The van der Waals surface area contributed by atoms with Gasteiger partial charge in [0, 0.05) is 43.0 Å². The molecular weight excluding hydrogens is 430 g/mol. The van der Waals surface area contributed by atoms with Crippen molar-refractivity contribution in [2.45, 2.75) is 71.4 Å². The van der Waals surface area contributed by atoms with E-state index in [4.69, 9.17) is 18.9 Å². The minimum absolute atomic E-state index is 0.00286. The van der Waals surface area contributed by atoms with Gasteiger partial charge in [0.05, 0.1) is 25.4 Å². The number of likely N-dealkylation sites (tertiary alicyclic amines) is 1. The Bertz CT molecular complexity index is 1010. The molecule has 6 nitrogen and oxygen atoms in total. The highest BCUT2D eigenvalue weighted by Gasteiger charge is 2.50. The maximum atomic E-state index is 13.3. The number of carbonyl (C=O) groups is 1. The van der Waals surface area contributed by atoms with E-state index in [1.807, 2.05) is 49.1 Å². The molecular formula is C28H37NO5. The number of hydrogen-bond acceptors (Lipinski definition) is 5. The highest BCUT2D eigenvalue weighted by Crippen LogP contribution is 2.50. The van der Waals surface area contributed by atoms with Gasteiger partial charge in [-0.25, -0.2) is 0 Å². The van der Waals surface area contributed by atoms with Crippen molar-refractivity contribution in [3.8, 4) is 17.2 Å². The van der Waals surface area contributed by atoms with E-state index in [1.54, 1.807) is 13.2 Å². The van der Waals surface area contributed by atoms with Crippen molar-refractivity contribution >= 4 is 5.91 Å². The number of ether oxygens (including phenoxy) is 4. The summed E-state index contributed by atoms with van der Waals surface area (Å²) in [7, 11) is 1.59. The van der Waals surface area contributed by atoms with Crippen LogP contribution in [0.2, 0.25) is 0 Å². The van der Waals surface area contributed by atoms with Crippen LogP contribution in [0, 0.1) is 5.92 Å². The van der Waals surface area contributed by atoms with E-state index in [0.29, 0.717) is 30.2 Å². The van der Waals surface area contributed by atoms with Crippen LogP contribution in [-0.2, 0) is 4.74 Å². The molecule has 2 aliphatic rings. The van der Waals surface area contributed by atoms with Crippen LogP contribution < -0.4 is 14.2 Å². The van der Waals surface area contributed by atoms with Crippen LogP contribution >= 0.6 is 0 Å². The zero-order chi connectivity index (χ0) is 24.5. The van der Waals surface area contributed by atoms with Crippen molar-refractivity contribution in [3.05, 3.63) is 53.6 Å². The third-order valence-corrected chi connectivity index (χ3v) is 6.91. The molecule has 2 aliphatic heterocycles. The second-order valence-corrected chi connectivity index (χ2v) is 9.92. The predicted molar refractivity (Wildman–Crippen MR) is 132 cm³/mol. The summed E-state index contributed by atoms with van der Waals surface area (Å²) in [6, 6.07) is 13.6. The van der Waals surface area contributed by atoms with Crippen LogP contribution in [0.1, 0.15) is 69.5 Å². The lowest BCUT2D eigenvalue weighted by Crippen LogP contribution is -2.56. The highest BCUT2D eigenvalue weighted by atomic mass is 16.5. The number of amides is 1. The molecule has 1 amide bonds. The van der Waals surface area contributed by atoms with Gasteiger partial charge in [0.15, 0.2) is 11.5 Å². The second-order valence-electron chi connectivity index (χ2n) is 9.92. The first-order valence-electron chi connectivity index (χ1n) is 12.3. The molecule has 1 fully saturated rings. The number of rotatable bonds is 6. The highest BCUT2D eigenvalue weighted by molar-refractivity contribution is 5.95. The molecule has 1 saturated heterocycles. The molecule has 4 rings (SSSR count). The summed E-state index contributed by atoms with van der Waals surface area (Å²) in [6.45, 7) is 11.6. The first-order chi connectivity index (χ1) is 16.2. The topological polar surface area (TPSA) is 57.2 Å². The fourth-order valence-electron chi connectivity index (χ4n) is 5.13. The Kier molecular flexibility index (Phi) is 7.08. The minimum Gasteiger partial charge on any atom is -0.493 e. The predicted octanol–water partition coefficient (Wildman–Crippen LogP) is 5.65. The van der Waals surface area contributed by atoms with Crippen molar-refractivity contribution < 1.29 is 23.7 Å². The molecule has 2 aromatic rings. The zero-order valence-electron chi connectivity index (χ0n) is 21.2. The smallest absolute Gasteiger partial charge is 0.253 e. The van der Waals surface area contributed by atoms with Crippen molar-refractivity contribution in [2.24, 2.45) is 5.92 Å². The van der Waals surface area contributed by atoms with Gasteiger partial charge in [-0.3, -0.25) is 4.79 Å². The molecule has 2 atom stereocenters. The summed E-state index contributed by atoms with van der Waals surface area (Å²) in [5.41, 5.74) is 1.37. The van der Waals surface area contributed by atoms with Gasteiger partial charge in [0.25, 0.3) is 5.91 Å². The summed E-state index contributed by atoms with van der Waals surface area (Å²) in [5.74, 6) is 2.29. The number of carbonyl (C=O) groups excluding carboxylic acids is 1.